The third kappa shape index (κ3) is 5.20. The highest BCUT2D eigenvalue weighted by Crippen LogP contribution is 2.47. The van der Waals surface area contributed by atoms with Crippen LogP contribution in [0.25, 0.3) is 21.8 Å². The van der Waals surface area contributed by atoms with Gasteiger partial charge < -0.3 is 16.1 Å². The Balaban J connectivity index is 1.50. The summed E-state index contributed by atoms with van der Waals surface area (Å²) in [4.78, 5) is 8.74. The standard InChI is InChI=1S/C33H31F3N8/c1-5-19-16-39-28-20(15-37)13-21(14-24(28)27(19)40-18-32(2,3)4)41-30(23-8-9-25(34)29-22(23)7-6-12-38-29)26-17-44(43-42-26)33(10-11-33)31(35)36/h1,6-9,12-14,16-17,30-31,41-43H,10-11,18H2,2-4H3,(H,39,40)/t30-/m0/s1. The van der Waals surface area contributed by atoms with Gasteiger partial charge in [-0.1, -0.05) is 38.8 Å². The first-order valence-corrected chi connectivity index (χ1v) is 14.2. The molecule has 0 amide bonds. The second kappa shape index (κ2) is 10.9. The number of nitrogens with one attached hydrogen (secondary N) is 4. The van der Waals surface area contributed by atoms with Crippen LogP contribution < -0.4 is 21.6 Å². The summed E-state index contributed by atoms with van der Waals surface area (Å²) in [6, 6.07) is 11.5. The van der Waals surface area contributed by atoms with Gasteiger partial charge in [-0.2, -0.15) is 5.26 Å². The fraction of sp³-hybridized carbons (Fsp3) is 0.303. The summed E-state index contributed by atoms with van der Waals surface area (Å²) in [5, 5.41) is 19.7. The number of benzene rings is 2. The molecule has 8 nitrogen and oxygen atoms in total. The lowest BCUT2D eigenvalue weighted by atomic mass is 9.96. The van der Waals surface area contributed by atoms with Crippen LogP contribution in [0.4, 0.5) is 24.5 Å². The molecule has 11 heteroatoms. The Morgan fingerprint density at radius 3 is 2.59 bits per heavy atom. The topological polar surface area (TPSA) is 101 Å². The number of halogens is 3. The number of aromatic nitrogens is 2. The van der Waals surface area contributed by atoms with Crippen molar-refractivity contribution in [2.45, 2.75) is 51.6 Å². The lowest BCUT2D eigenvalue weighted by Gasteiger charge is -2.25. The highest BCUT2D eigenvalue weighted by molar-refractivity contribution is 5.99. The second-order valence-corrected chi connectivity index (χ2v) is 12.3. The maximum atomic E-state index is 14.8. The lowest BCUT2D eigenvalue weighted by Crippen LogP contribution is -2.48. The van der Waals surface area contributed by atoms with Crippen molar-refractivity contribution in [2.75, 3.05) is 17.2 Å². The van der Waals surface area contributed by atoms with Crippen LogP contribution in [-0.4, -0.2) is 33.5 Å². The number of pyridine rings is 2. The van der Waals surface area contributed by atoms with E-state index in [0.29, 0.717) is 69.4 Å². The lowest BCUT2D eigenvalue weighted by molar-refractivity contribution is 0.00911. The Labute approximate surface area is 253 Å². The molecule has 1 aliphatic heterocycles. The molecule has 1 atom stereocenters. The van der Waals surface area contributed by atoms with Gasteiger partial charge in [-0.25, -0.2) is 13.2 Å². The Morgan fingerprint density at radius 2 is 1.91 bits per heavy atom. The van der Waals surface area contributed by atoms with Crippen LogP contribution in [0.15, 0.2) is 60.7 Å². The first-order valence-electron chi connectivity index (χ1n) is 14.2. The summed E-state index contributed by atoms with van der Waals surface area (Å²) in [5.74, 6) is 2.21. The van der Waals surface area contributed by atoms with E-state index in [1.54, 1.807) is 36.7 Å². The van der Waals surface area contributed by atoms with E-state index in [2.05, 4.69) is 64.3 Å². The largest absolute Gasteiger partial charge is 0.383 e. The third-order valence-corrected chi connectivity index (χ3v) is 7.97. The van der Waals surface area contributed by atoms with Crippen molar-refractivity contribution in [1.82, 2.24) is 25.9 Å². The molecule has 1 aliphatic carbocycles. The van der Waals surface area contributed by atoms with Gasteiger partial charge in [0.1, 0.15) is 22.9 Å². The molecule has 224 valence electrons. The molecule has 0 spiro atoms. The molecule has 3 heterocycles. The molecular formula is C33H31F3N8. The summed E-state index contributed by atoms with van der Waals surface area (Å²) >= 11 is 0. The molecule has 1 saturated carbocycles. The molecule has 0 bridgehead atoms. The quantitative estimate of drug-likeness (QED) is 0.175. The Bertz CT molecular complexity index is 1880. The van der Waals surface area contributed by atoms with Gasteiger partial charge in [0.05, 0.1) is 34.1 Å². The predicted octanol–water partition coefficient (Wildman–Crippen LogP) is 6.35. The van der Waals surface area contributed by atoms with Crippen molar-refractivity contribution in [1.29, 1.82) is 5.26 Å². The van der Waals surface area contributed by atoms with Gasteiger partial charge in [-0.05, 0) is 48.1 Å². The number of alkyl halides is 2. The number of nitrogens with zero attached hydrogens (tertiary/aromatic N) is 4. The molecule has 4 aromatic rings. The number of hydrogen-bond donors (Lipinski definition) is 4. The van der Waals surface area contributed by atoms with Gasteiger partial charge in [0.2, 0.25) is 0 Å². The Morgan fingerprint density at radius 1 is 1.11 bits per heavy atom. The number of hydrazine groups is 2. The van der Waals surface area contributed by atoms with Crippen LogP contribution in [0, 0.1) is 34.9 Å². The fourth-order valence-corrected chi connectivity index (χ4v) is 5.43. The number of rotatable bonds is 8. The van der Waals surface area contributed by atoms with Gasteiger partial charge in [0.15, 0.2) is 0 Å². The highest BCUT2D eigenvalue weighted by Gasteiger charge is 2.56. The molecule has 1 fully saturated rings. The van der Waals surface area contributed by atoms with E-state index in [1.807, 2.05) is 6.07 Å². The maximum absolute atomic E-state index is 14.8. The van der Waals surface area contributed by atoms with Crippen molar-refractivity contribution >= 4 is 33.2 Å². The predicted molar refractivity (Wildman–Crippen MR) is 165 cm³/mol. The van der Waals surface area contributed by atoms with E-state index < -0.39 is 23.8 Å². The second-order valence-electron chi connectivity index (χ2n) is 12.3. The number of fused-ring (bicyclic) bond motifs is 2. The minimum Gasteiger partial charge on any atom is -0.383 e. The summed E-state index contributed by atoms with van der Waals surface area (Å²) < 4.78 is 42.8. The van der Waals surface area contributed by atoms with Crippen molar-refractivity contribution in [3.63, 3.8) is 0 Å². The molecule has 2 aromatic heterocycles. The molecule has 6 rings (SSSR count). The van der Waals surface area contributed by atoms with E-state index in [9.17, 15) is 18.4 Å². The van der Waals surface area contributed by atoms with E-state index in [1.165, 1.54) is 17.3 Å². The van der Waals surface area contributed by atoms with Gasteiger partial charge in [0, 0.05) is 41.6 Å². The summed E-state index contributed by atoms with van der Waals surface area (Å²) in [6.45, 7) is 6.90. The van der Waals surface area contributed by atoms with Crippen LogP contribution in [0.1, 0.15) is 56.3 Å². The van der Waals surface area contributed by atoms with Crippen molar-refractivity contribution < 1.29 is 13.2 Å². The number of hydrogen-bond acceptors (Lipinski definition) is 8. The summed E-state index contributed by atoms with van der Waals surface area (Å²) in [6.07, 6.45) is 8.68. The van der Waals surface area contributed by atoms with Gasteiger partial charge in [-0.3, -0.25) is 15.0 Å². The molecule has 0 saturated heterocycles. The number of anilines is 2. The van der Waals surface area contributed by atoms with Crippen LogP contribution in [-0.2, 0) is 0 Å². The fourth-order valence-electron chi connectivity index (χ4n) is 5.43. The summed E-state index contributed by atoms with van der Waals surface area (Å²) in [7, 11) is 0. The minimum absolute atomic E-state index is 0.0607. The van der Waals surface area contributed by atoms with Crippen molar-refractivity contribution in [3.8, 4) is 18.4 Å². The first kappa shape index (κ1) is 29.1. The van der Waals surface area contributed by atoms with E-state index >= 15 is 0 Å². The molecule has 44 heavy (non-hydrogen) atoms. The molecule has 2 aliphatic rings. The molecule has 2 aromatic carbocycles. The van der Waals surface area contributed by atoms with Crippen LogP contribution in [0.2, 0.25) is 0 Å². The highest BCUT2D eigenvalue weighted by atomic mass is 19.3. The van der Waals surface area contributed by atoms with Crippen LogP contribution >= 0.6 is 0 Å². The molecule has 4 N–H and O–H groups in total. The molecule has 0 unspecified atom stereocenters. The van der Waals surface area contributed by atoms with Crippen LogP contribution in [0.3, 0.4) is 0 Å². The van der Waals surface area contributed by atoms with E-state index in [0.717, 1.165) is 0 Å². The Kier molecular flexibility index (Phi) is 7.22. The zero-order valence-electron chi connectivity index (χ0n) is 24.5. The number of terminal acetylenes is 1. The SMILES string of the molecule is C#Cc1cnc2c(C#N)cc(N[C@H](C3=CN(C4(C(F)F)CC4)NN3)c3ccc(F)c4ncccc34)cc2c1NCC(C)(C)C. The van der Waals surface area contributed by atoms with Crippen LogP contribution in [0.5, 0.6) is 0 Å². The van der Waals surface area contributed by atoms with E-state index in [-0.39, 0.29) is 10.9 Å². The third-order valence-electron chi connectivity index (χ3n) is 7.97. The molecular weight excluding hydrogens is 565 g/mol. The van der Waals surface area contributed by atoms with Gasteiger partial charge in [-0.15, -0.1) is 12.0 Å². The first-order chi connectivity index (χ1) is 21.0. The average molecular weight is 597 g/mol. The number of nitriles is 1. The smallest absolute Gasteiger partial charge is 0.262 e. The van der Waals surface area contributed by atoms with Crippen molar-refractivity contribution in [2.24, 2.45) is 5.41 Å². The minimum atomic E-state index is -2.55. The Hall–Kier alpha value is -5.00. The van der Waals surface area contributed by atoms with Gasteiger partial charge >= 0.3 is 0 Å². The average Bonchev–Trinajstić information content (AvgIpc) is 3.68. The zero-order valence-corrected chi connectivity index (χ0v) is 24.5. The monoisotopic (exact) mass is 596 g/mol. The zero-order chi connectivity index (χ0) is 31.2. The maximum Gasteiger partial charge on any atom is 0.262 e. The van der Waals surface area contributed by atoms with E-state index in [4.69, 9.17) is 6.42 Å². The van der Waals surface area contributed by atoms with Gasteiger partial charge in [0.25, 0.3) is 6.43 Å². The summed E-state index contributed by atoms with van der Waals surface area (Å²) in [5.41, 5.74) is 8.51. The normalized spacial score (nSPS) is 16.3. The van der Waals surface area contributed by atoms with Crippen molar-refractivity contribution in [3.05, 3.63) is 83.2 Å². The molecule has 0 radical (unpaired) electrons.